The van der Waals surface area contributed by atoms with Gasteiger partial charge in [0.25, 0.3) is 5.56 Å². The van der Waals surface area contributed by atoms with E-state index in [1.807, 2.05) is 30.3 Å². The SMILES string of the molecule is Cn1c(=O)c(-c2nnc(-c3ccccc3)s2)c2ncc(N)cn21. The molecular formula is C15H12N6OS. The summed E-state index contributed by atoms with van der Waals surface area (Å²) < 4.78 is 3.08. The van der Waals surface area contributed by atoms with E-state index in [1.54, 1.807) is 17.8 Å². The van der Waals surface area contributed by atoms with Gasteiger partial charge < -0.3 is 5.73 Å². The largest absolute Gasteiger partial charge is 0.396 e. The Labute approximate surface area is 134 Å². The molecule has 0 radical (unpaired) electrons. The van der Waals surface area contributed by atoms with Crippen LogP contribution in [0, 0.1) is 0 Å². The normalized spacial score (nSPS) is 11.2. The average Bonchev–Trinajstić information content (AvgIpc) is 3.14. The van der Waals surface area contributed by atoms with Crippen LogP contribution in [0.5, 0.6) is 0 Å². The van der Waals surface area contributed by atoms with Crippen LogP contribution in [-0.2, 0) is 7.05 Å². The van der Waals surface area contributed by atoms with Crippen LogP contribution in [0.2, 0.25) is 0 Å². The molecule has 8 heteroatoms. The maximum Gasteiger partial charge on any atom is 0.279 e. The summed E-state index contributed by atoms with van der Waals surface area (Å²) in [6.07, 6.45) is 3.18. The summed E-state index contributed by atoms with van der Waals surface area (Å²) in [4.78, 5) is 16.8. The molecule has 0 fully saturated rings. The summed E-state index contributed by atoms with van der Waals surface area (Å²) >= 11 is 1.37. The Morgan fingerprint density at radius 2 is 1.87 bits per heavy atom. The highest BCUT2D eigenvalue weighted by atomic mass is 32.1. The van der Waals surface area contributed by atoms with Crippen molar-refractivity contribution >= 4 is 22.7 Å². The first-order valence-electron chi connectivity index (χ1n) is 6.87. The number of nitrogens with two attached hydrogens (primary N) is 1. The number of aryl methyl sites for hydroxylation is 1. The van der Waals surface area contributed by atoms with Crippen molar-refractivity contribution in [3.05, 3.63) is 53.1 Å². The first-order valence-corrected chi connectivity index (χ1v) is 7.69. The number of aromatic nitrogens is 5. The third-order valence-electron chi connectivity index (χ3n) is 3.54. The average molecular weight is 324 g/mol. The van der Waals surface area contributed by atoms with Gasteiger partial charge in [0.2, 0.25) is 0 Å². The number of anilines is 1. The van der Waals surface area contributed by atoms with E-state index in [1.165, 1.54) is 22.2 Å². The fourth-order valence-electron chi connectivity index (χ4n) is 2.40. The quantitative estimate of drug-likeness (QED) is 0.607. The predicted octanol–water partition coefficient (Wildman–Crippen LogP) is 1.80. The number of hydrogen-bond donors (Lipinski definition) is 1. The van der Waals surface area contributed by atoms with Gasteiger partial charge in [-0.1, -0.05) is 41.7 Å². The molecule has 0 aliphatic heterocycles. The minimum absolute atomic E-state index is 0.182. The van der Waals surface area contributed by atoms with Crippen LogP contribution in [0.3, 0.4) is 0 Å². The zero-order chi connectivity index (χ0) is 16.0. The molecular weight excluding hydrogens is 312 g/mol. The smallest absolute Gasteiger partial charge is 0.279 e. The summed E-state index contributed by atoms with van der Waals surface area (Å²) in [6.45, 7) is 0. The molecule has 3 heterocycles. The zero-order valence-electron chi connectivity index (χ0n) is 12.2. The molecule has 0 saturated carbocycles. The lowest BCUT2D eigenvalue weighted by atomic mass is 10.2. The van der Waals surface area contributed by atoms with Gasteiger partial charge in [-0.3, -0.25) is 4.79 Å². The highest BCUT2D eigenvalue weighted by Crippen LogP contribution is 2.30. The van der Waals surface area contributed by atoms with Crippen LogP contribution < -0.4 is 11.3 Å². The van der Waals surface area contributed by atoms with E-state index < -0.39 is 0 Å². The highest BCUT2D eigenvalue weighted by molar-refractivity contribution is 7.18. The van der Waals surface area contributed by atoms with E-state index in [9.17, 15) is 4.79 Å². The minimum Gasteiger partial charge on any atom is -0.396 e. The van der Waals surface area contributed by atoms with Crippen molar-refractivity contribution in [3.63, 3.8) is 0 Å². The van der Waals surface area contributed by atoms with Crippen LogP contribution in [0.15, 0.2) is 47.5 Å². The lowest BCUT2D eigenvalue weighted by Gasteiger charge is -1.99. The molecule has 0 atom stereocenters. The second-order valence-electron chi connectivity index (χ2n) is 5.04. The van der Waals surface area contributed by atoms with E-state index in [0.29, 0.717) is 21.9 Å². The van der Waals surface area contributed by atoms with Crippen molar-refractivity contribution < 1.29 is 0 Å². The predicted molar refractivity (Wildman–Crippen MR) is 89.2 cm³/mol. The van der Waals surface area contributed by atoms with Gasteiger partial charge in [-0.2, -0.15) is 0 Å². The Hall–Kier alpha value is -3.00. The first kappa shape index (κ1) is 13.6. The fraction of sp³-hybridized carbons (Fsp3) is 0.0667. The van der Waals surface area contributed by atoms with Crippen LogP contribution >= 0.6 is 11.3 Å². The van der Waals surface area contributed by atoms with Gasteiger partial charge in [0, 0.05) is 12.6 Å². The van der Waals surface area contributed by atoms with Gasteiger partial charge in [0.15, 0.2) is 10.7 Å². The van der Waals surface area contributed by atoms with E-state index >= 15 is 0 Å². The number of nitrogen functional groups attached to an aromatic ring is 1. The van der Waals surface area contributed by atoms with Crippen molar-refractivity contribution in [2.24, 2.45) is 7.05 Å². The third-order valence-corrected chi connectivity index (χ3v) is 4.53. The van der Waals surface area contributed by atoms with E-state index in [4.69, 9.17) is 5.73 Å². The third kappa shape index (κ3) is 2.11. The molecule has 0 bridgehead atoms. The summed E-state index contributed by atoms with van der Waals surface area (Å²) in [5.74, 6) is 0. The standard InChI is InChI=1S/C15H12N6OS/c1-20-15(22)11(12-17-7-10(16)8-21(12)20)14-19-18-13(23-14)9-5-3-2-4-6-9/h2-8H,16H2,1H3. The van der Waals surface area contributed by atoms with Crippen LogP contribution in [0.25, 0.3) is 26.8 Å². The Morgan fingerprint density at radius 1 is 1.13 bits per heavy atom. The minimum atomic E-state index is -0.182. The van der Waals surface area contributed by atoms with Gasteiger partial charge in [-0.25, -0.2) is 14.2 Å². The summed E-state index contributed by atoms with van der Waals surface area (Å²) in [6, 6.07) is 9.73. The van der Waals surface area contributed by atoms with Crippen molar-refractivity contribution in [2.75, 3.05) is 5.73 Å². The maximum atomic E-state index is 12.5. The maximum absolute atomic E-state index is 12.5. The van der Waals surface area contributed by atoms with Crippen LogP contribution in [0.4, 0.5) is 5.69 Å². The Morgan fingerprint density at radius 3 is 2.65 bits per heavy atom. The lowest BCUT2D eigenvalue weighted by Crippen LogP contribution is -2.16. The molecule has 7 nitrogen and oxygen atoms in total. The van der Waals surface area contributed by atoms with Gasteiger partial charge in [-0.15, -0.1) is 10.2 Å². The highest BCUT2D eigenvalue weighted by Gasteiger charge is 2.20. The number of rotatable bonds is 2. The van der Waals surface area contributed by atoms with Crippen molar-refractivity contribution in [3.8, 4) is 21.1 Å². The fourth-order valence-corrected chi connectivity index (χ4v) is 3.28. The van der Waals surface area contributed by atoms with Gasteiger partial charge in [-0.05, 0) is 0 Å². The zero-order valence-corrected chi connectivity index (χ0v) is 13.0. The molecule has 4 aromatic rings. The first-order chi connectivity index (χ1) is 11.1. The summed E-state index contributed by atoms with van der Waals surface area (Å²) in [5, 5.41) is 9.68. The van der Waals surface area contributed by atoms with E-state index in [-0.39, 0.29) is 5.56 Å². The topological polar surface area (TPSA) is 91.1 Å². The molecule has 3 aromatic heterocycles. The number of nitrogens with zero attached hydrogens (tertiary/aromatic N) is 5. The Balaban J connectivity index is 1.92. The van der Waals surface area contributed by atoms with Gasteiger partial charge in [0.1, 0.15) is 10.6 Å². The van der Waals surface area contributed by atoms with Crippen molar-refractivity contribution in [1.29, 1.82) is 0 Å². The van der Waals surface area contributed by atoms with E-state index in [2.05, 4.69) is 15.2 Å². The molecule has 0 saturated heterocycles. The molecule has 0 unspecified atom stereocenters. The molecule has 1 aromatic carbocycles. The van der Waals surface area contributed by atoms with Crippen LogP contribution in [-0.4, -0.2) is 24.4 Å². The number of hydrogen-bond acceptors (Lipinski definition) is 6. The monoisotopic (exact) mass is 324 g/mol. The number of benzene rings is 1. The molecule has 0 aliphatic carbocycles. The van der Waals surface area contributed by atoms with Gasteiger partial charge >= 0.3 is 0 Å². The molecule has 114 valence electrons. The van der Waals surface area contributed by atoms with E-state index in [0.717, 1.165) is 10.6 Å². The molecule has 2 N–H and O–H groups in total. The Bertz CT molecular complexity index is 1060. The second-order valence-corrected chi connectivity index (χ2v) is 6.02. The molecule has 0 spiro atoms. The van der Waals surface area contributed by atoms with Crippen molar-refractivity contribution in [2.45, 2.75) is 0 Å². The molecule has 0 aliphatic rings. The Kier molecular flexibility index (Phi) is 2.98. The van der Waals surface area contributed by atoms with Gasteiger partial charge in [0.05, 0.1) is 18.1 Å². The lowest BCUT2D eigenvalue weighted by molar-refractivity contribution is 0.677. The van der Waals surface area contributed by atoms with Crippen molar-refractivity contribution in [1.82, 2.24) is 24.4 Å². The van der Waals surface area contributed by atoms with Crippen LogP contribution in [0.1, 0.15) is 0 Å². The summed E-state index contributed by atoms with van der Waals surface area (Å²) in [7, 11) is 1.67. The second kappa shape index (κ2) is 5.03. The molecule has 0 amide bonds. The summed E-state index contributed by atoms with van der Waals surface area (Å²) in [5.41, 5.74) is 7.97. The molecule has 4 rings (SSSR count). The molecule has 23 heavy (non-hydrogen) atoms. The number of fused-ring (bicyclic) bond motifs is 1.